The molecule has 2 aromatic rings. The molecule has 2 aromatic carbocycles. The Morgan fingerprint density at radius 1 is 1.00 bits per heavy atom. The molecule has 3 rings (SSSR count). The number of nitrogens with one attached hydrogen (secondary N) is 1. The molecule has 0 saturated heterocycles. The van der Waals surface area contributed by atoms with Gasteiger partial charge in [-0.3, -0.25) is 4.99 Å². The molecule has 1 aliphatic heterocycles. The van der Waals surface area contributed by atoms with E-state index in [1.54, 1.807) is 0 Å². The molecule has 0 radical (unpaired) electrons. The van der Waals surface area contributed by atoms with Crippen LogP contribution in [0.25, 0.3) is 0 Å². The first-order valence-electron chi connectivity index (χ1n) is 7.24. The van der Waals surface area contributed by atoms with Gasteiger partial charge in [0.2, 0.25) is 0 Å². The van der Waals surface area contributed by atoms with Crippen LogP contribution < -0.4 is 5.32 Å². The Kier molecular flexibility index (Phi) is 5.40. The van der Waals surface area contributed by atoms with Crippen LogP contribution in [0.3, 0.4) is 0 Å². The highest BCUT2D eigenvalue weighted by Crippen LogP contribution is 2.19. The van der Waals surface area contributed by atoms with Crippen molar-refractivity contribution >= 4 is 18.2 Å². The molecule has 1 aliphatic rings. The molecule has 3 heteroatoms. The SMILES string of the molecule is CC(C1=NCCN1)c1ccc(Cc2ccccc2)cc1.Cl. The van der Waals surface area contributed by atoms with Gasteiger partial charge in [-0.05, 0) is 23.1 Å². The Balaban J connectivity index is 0.00000161. The predicted molar refractivity (Wildman–Crippen MR) is 91.7 cm³/mol. The Morgan fingerprint density at radius 2 is 1.67 bits per heavy atom. The molecule has 110 valence electrons. The van der Waals surface area contributed by atoms with Crippen molar-refractivity contribution < 1.29 is 0 Å². The van der Waals surface area contributed by atoms with E-state index in [4.69, 9.17) is 0 Å². The summed E-state index contributed by atoms with van der Waals surface area (Å²) in [7, 11) is 0. The topological polar surface area (TPSA) is 24.4 Å². The number of aliphatic imine (C=N–C) groups is 1. The number of nitrogens with zero attached hydrogens (tertiary/aromatic N) is 1. The maximum absolute atomic E-state index is 4.51. The van der Waals surface area contributed by atoms with Crippen LogP contribution in [0.4, 0.5) is 0 Å². The van der Waals surface area contributed by atoms with E-state index in [9.17, 15) is 0 Å². The number of amidine groups is 1. The number of halogens is 1. The average molecular weight is 301 g/mol. The zero-order valence-corrected chi connectivity index (χ0v) is 13.1. The highest BCUT2D eigenvalue weighted by atomic mass is 35.5. The first-order valence-corrected chi connectivity index (χ1v) is 7.24. The molecule has 0 aliphatic carbocycles. The molecule has 0 amide bonds. The molecule has 1 unspecified atom stereocenters. The number of hydrogen-bond donors (Lipinski definition) is 1. The highest BCUT2D eigenvalue weighted by Gasteiger charge is 2.15. The number of hydrogen-bond acceptors (Lipinski definition) is 2. The third kappa shape index (κ3) is 3.85. The first-order chi connectivity index (χ1) is 9.83. The van der Waals surface area contributed by atoms with E-state index >= 15 is 0 Å². The van der Waals surface area contributed by atoms with E-state index in [1.807, 2.05) is 0 Å². The van der Waals surface area contributed by atoms with Gasteiger partial charge in [-0.2, -0.15) is 0 Å². The van der Waals surface area contributed by atoms with E-state index in [0.717, 1.165) is 25.3 Å². The molecule has 0 fully saturated rings. The zero-order chi connectivity index (χ0) is 13.8. The van der Waals surface area contributed by atoms with Gasteiger partial charge >= 0.3 is 0 Å². The summed E-state index contributed by atoms with van der Waals surface area (Å²) >= 11 is 0. The largest absolute Gasteiger partial charge is 0.371 e. The quantitative estimate of drug-likeness (QED) is 0.912. The second kappa shape index (κ2) is 7.28. The molecule has 21 heavy (non-hydrogen) atoms. The molecule has 0 saturated carbocycles. The summed E-state index contributed by atoms with van der Waals surface area (Å²) in [4.78, 5) is 4.51. The van der Waals surface area contributed by atoms with E-state index in [1.165, 1.54) is 16.7 Å². The lowest BCUT2D eigenvalue weighted by molar-refractivity contribution is 0.918. The van der Waals surface area contributed by atoms with Gasteiger partial charge in [0, 0.05) is 12.5 Å². The van der Waals surface area contributed by atoms with Crippen LogP contribution >= 0.6 is 12.4 Å². The van der Waals surface area contributed by atoms with Crippen molar-refractivity contribution in [2.24, 2.45) is 4.99 Å². The van der Waals surface area contributed by atoms with Crippen molar-refractivity contribution in [3.8, 4) is 0 Å². The molecule has 1 atom stereocenters. The Hall–Kier alpha value is -1.80. The van der Waals surface area contributed by atoms with E-state index in [2.05, 4.69) is 71.8 Å². The fourth-order valence-corrected chi connectivity index (χ4v) is 2.62. The molecule has 1 heterocycles. The smallest absolute Gasteiger partial charge is 0.104 e. The lowest BCUT2D eigenvalue weighted by atomic mass is 9.97. The summed E-state index contributed by atoms with van der Waals surface area (Å²) in [6, 6.07) is 19.5. The summed E-state index contributed by atoms with van der Waals surface area (Å²) in [6.07, 6.45) is 0.995. The van der Waals surface area contributed by atoms with Crippen molar-refractivity contribution in [1.82, 2.24) is 5.32 Å². The van der Waals surface area contributed by atoms with Crippen molar-refractivity contribution in [2.45, 2.75) is 19.3 Å². The normalized spacial score (nSPS) is 14.8. The summed E-state index contributed by atoms with van der Waals surface area (Å²) in [6.45, 7) is 4.10. The Bertz CT molecular complexity index is 590. The second-order valence-electron chi connectivity index (χ2n) is 5.32. The standard InChI is InChI=1S/C18H20N2.ClH/c1-14(18-19-11-12-20-18)17-9-7-16(8-10-17)13-15-5-3-2-4-6-15;/h2-10,14H,11-13H2,1H3,(H,19,20);1H. The van der Waals surface area contributed by atoms with Crippen molar-refractivity contribution in [3.63, 3.8) is 0 Å². The molecule has 1 N–H and O–H groups in total. The van der Waals surface area contributed by atoms with Gasteiger partial charge in [-0.25, -0.2) is 0 Å². The molecule has 2 nitrogen and oxygen atoms in total. The van der Waals surface area contributed by atoms with Crippen LogP contribution in [-0.2, 0) is 6.42 Å². The van der Waals surface area contributed by atoms with Crippen LogP contribution in [0.5, 0.6) is 0 Å². The fourth-order valence-electron chi connectivity index (χ4n) is 2.62. The maximum atomic E-state index is 4.51. The summed E-state index contributed by atoms with van der Waals surface area (Å²) < 4.78 is 0. The molecule has 0 spiro atoms. The van der Waals surface area contributed by atoms with E-state index < -0.39 is 0 Å². The van der Waals surface area contributed by atoms with Crippen LogP contribution in [0, 0.1) is 0 Å². The van der Waals surface area contributed by atoms with Gasteiger partial charge in [0.1, 0.15) is 5.84 Å². The van der Waals surface area contributed by atoms with Gasteiger partial charge in [0.25, 0.3) is 0 Å². The minimum absolute atomic E-state index is 0. The predicted octanol–water partition coefficient (Wildman–Crippen LogP) is 3.80. The Labute approximate surface area is 132 Å². The minimum Gasteiger partial charge on any atom is -0.371 e. The lowest BCUT2D eigenvalue weighted by Crippen LogP contribution is -2.23. The molecule has 0 bridgehead atoms. The monoisotopic (exact) mass is 300 g/mol. The van der Waals surface area contributed by atoms with E-state index in [0.29, 0.717) is 5.92 Å². The van der Waals surface area contributed by atoms with Gasteiger partial charge < -0.3 is 5.32 Å². The number of rotatable bonds is 4. The van der Waals surface area contributed by atoms with Gasteiger partial charge in [0.05, 0.1) is 6.54 Å². The van der Waals surface area contributed by atoms with Crippen LogP contribution in [-0.4, -0.2) is 18.9 Å². The van der Waals surface area contributed by atoms with Gasteiger partial charge in [-0.15, -0.1) is 12.4 Å². The van der Waals surface area contributed by atoms with Gasteiger partial charge in [-0.1, -0.05) is 61.5 Å². The maximum Gasteiger partial charge on any atom is 0.104 e. The summed E-state index contributed by atoms with van der Waals surface area (Å²) in [5.74, 6) is 1.49. The lowest BCUT2D eigenvalue weighted by Gasteiger charge is -2.13. The Morgan fingerprint density at radius 3 is 2.29 bits per heavy atom. The zero-order valence-electron chi connectivity index (χ0n) is 12.3. The van der Waals surface area contributed by atoms with Crippen LogP contribution in [0.15, 0.2) is 59.6 Å². The van der Waals surface area contributed by atoms with E-state index in [-0.39, 0.29) is 12.4 Å². The molecular formula is C18H21ClN2. The minimum atomic E-state index is 0. The van der Waals surface area contributed by atoms with Crippen LogP contribution in [0.2, 0.25) is 0 Å². The van der Waals surface area contributed by atoms with Crippen LogP contribution in [0.1, 0.15) is 29.5 Å². The van der Waals surface area contributed by atoms with Crippen molar-refractivity contribution in [2.75, 3.05) is 13.1 Å². The first kappa shape index (κ1) is 15.6. The highest BCUT2D eigenvalue weighted by molar-refractivity contribution is 5.89. The average Bonchev–Trinajstić information content (AvgIpc) is 3.03. The summed E-state index contributed by atoms with van der Waals surface area (Å²) in [5, 5.41) is 3.36. The molecular weight excluding hydrogens is 280 g/mol. The van der Waals surface area contributed by atoms with Gasteiger partial charge in [0.15, 0.2) is 0 Å². The fraction of sp³-hybridized carbons (Fsp3) is 0.278. The number of benzene rings is 2. The van der Waals surface area contributed by atoms with Crippen molar-refractivity contribution in [1.29, 1.82) is 0 Å². The van der Waals surface area contributed by atoms with Crippen molar-refractivity contribution in [3.05, 3.63) is 71.3 Å². The summed E-state index contributed by atoms with van der Waals surface area (Å²) in [5.41, 5.74) is 4.04. The molecule has 0 aromatic heterocycles. The third-order valence-electron chi connectivity index (χ3n) is 3.84. The second-order valence-corrected chi connectivity index (χ2v) is 5.32. The third-order valence-corrected chi connectivity index (χ3v) is 3.84.